The van der Waals surface area contributed by atoms with Gasteiger partial charge in [-0.05, 0) is 48.9 Å². The Morgan fingerprint density at radius 3 is 2.62 bits per heavy atom. The number of aromatic amines is 1. The summed E-state index contributed by atoms with van der Waals surface area (Å²) < 4.78 is 27.2. The molecule has 0 saturated heterocycles. The Morgan fingerprint density at radius 1 is 1.10 bits per heavy atom. The molecule has 4 N–H and O–H groups in total. The number of H-pyrrole nitrogens is 1. The van der Waals surface area contributed by atoms with Crippen molar-refractivity contribution in [3.63, 3.8) is 0 Å². The maximum Gasteiger partial charge on any atom is 0.261 e. The number of nitrogens with one attached hydrogen (secondary N) is 2. The fourth-order valence-electron chi connectivity index (χ4n) is 1.93. The number of anilines is 2. The first-order valence-electron chi connectivity index (χ1n) is 6.15. The molecule has 0 aliphatic heterocycles. The van der Waals surface area contributed by atoms with Crippen LogP contribution < -0.4 is 10.5 Å². The summed E-state index contributed by atoms with van der Waals surface area (Å²) in [5.41, 5.74) is 8.64. The number of sulfonamides is 1. The number of nitrogens with zero attached hydrogens (tertiary/aromatic N) is 2. The summed E-state index contributed by atoms with van der Waals surface area (Å²) in [6.45, 7) is 1.76. The average molecular weight is 303 g/mol. The molecule has 0 aliphatic carbocycles. The van der Waals surface area contributed by atoms with Crippen LogP contribution in [0, 0.1) is 6.92 Å². The molecular formula is C13H13N5O2S. The quantitative estimate of drug-likeness (QED) is 0.637. The highest BCUT2D eigenvalue weighted by Gasteiger charge is 2.15. The van der Waals surface area contributed by atoms with Crippen LogP contribution in [0.25, 0.3) is 11.0 Å². The monoisotopic (exact) mass is 303 g/mol. The lowest BCUT2D eigenvalue weighted by Gasteiger charge is -2.09. The maximum atomic E-state index is 12.3. The molecule has 1 aromatic heterocycles. The molecule has 7 nitrogen and oxygen atoms in total. The Kier molecular flexibility index (Phi) is 3.02. The van der Waals surface area contributed by atoms with Gasteiger partial charge in [-0.2, -0.15) is 15.4 Å². The van der Waals surface area contributed by atoms with Gasteiger partial charge < -0.3 is 5.73 Å². The van der Waals surface area contributed by atoms with Gasteiger partial charge in [-0.3, -0.25) is 4.72 Å². The Morgan fingerprint density at radius 2 is 1.86 bits per heavy atom. The van der Waals surface area contributed by atoms with Crippen molar-refractivity contribution in [2.45, 2.75) is 11.8 Å². The molecular weight excluding hydrogens is 290 g/mol. The van der Waals surface area contributed by atoms with Gasteiger partial charge in [-0.15, -0.1) is 0 Å². The van der Waals surface area contributed by atoms with Crippen molar-refractivity contribution < 1.29 is 8.42 Å². The number of aromatic nitrogens is 3. The van der Waals surface area contributed by atoms with E-state index in [0.717, 1.165) is 0 Å². The zero-order chi connectivity index (χ0) is 15.0. The van der Waals surface area contributed by atoms with Gasteiger partial charge in [-0.1, -0.05) is 0 Å². The van der Waals surface area contributed by atoms with E-state index in [1.165, 1.54) is 12.1 Å². The van der Waals surface area contributed by atoms with Crippen molar-refractivity contribution in [3.05, 3.63) is 42.0 Å². The first-order valence-corrected chi connectivity index (χ1v) is 7.63. The fourth-order valence-corrected chi connectivity index (χ4v) is 3.07. The number of nitrogen functional groups attached to an aromatic ring is 1. The predicted octanol–water partition coefficient (Wildman–Crippen LogP) is 1.65. The summed E-state index contributed by atoms with van der Waals surface area (Å²) >= 11 is 0. The van der Waals surface area contributed by atoms with Crippen molar-refractivity contribution in [3.8, 4) is 0 Å². The maximum absolute atomic E-state index is 12.3. The van der Waals surface area contributed by atoms with Crippen LogP contribution in [0.5, 0.6) is 0 Å². The summed E-state index contributed by atoms with van der Waals surface area (Å²) in [7, 11) is -3.67. The molecule has 0 atom stereocenters. The van der Waals surface area contributed by atoms with E-state index in [2.05, 4.69) is 20.1 Å². The van der Waals surface area contributed by atoms with E-state index in [4.69, 9.17) is 5.73 Å². The topological polar surface area (TPSA) is 114 Å². The number of aryl methyl sites for hydroxylation is 1. The minimum atomic E-state index is -3.67. The summed E-state index contributed by atoms with van der Waals surface area (Å²) in [6.07, 6.45) is 0. The first-order chi connectivity index (χ1) is 9.95. The molecule has 1 heterocycles. The Bertz CT molecular complexity index is 917. The van der Waals surface area contributed by atoms with E-state index in [0.29, 0.717) is 28.0 Å². The molecule has 3 rings (SSSR count). The number of benzene rings is 2. The zero-order valence-corrected chi connectivity index (χ0v) is 12.0. The molecule has 0 radical (unpaired) electrons. The summed E-state index contributed by atoms with van der Waals surface area (Å²) in [4.78, 5) is 0.162. The van der Waals surface area contributed by atoms with Crippen LogP contribution in [-0.4, -0.2) is 23.8 Å². The highest BCUT2D eigenvalue weighted by Crippen LogP contribution is 2.21. The van der Waals surface area contributed by atoms with E-state index in [1.807, 2.05) is 0 Å². The number of hydrogen-bond donors (Lipinski definition) is 3. The third kappa shape index (κ3) is 2.52. The van der Waals surface area contributed by atoms with Gasteiger partial charge in [0.05, 0.1) is 10.6 Å². The smallest absolute Gasteiger partial charge is 0.261 e. The van der Waals surface area contributed by atoms with Crippen molar-refractivity contribution in [1.29, 1.82) is 0 Å². The summed E-state index contributed by atoms with van der Waals surface area (Å²) in [5, 5.41) is 10.3. The van der Waals surface area contributed by atoms with Crippen LogP contribution in [0.4, 0.5) is 11.4 Å². The largest absolute Gasteiger partial charge is 0.399 e. The van der Waals surface area contributed by atoms with E-state index in [1.54, 1.807) is 31.2 Å². The number of nitrogens with two attached hydrogens (primary N) is 1. The highest BCUT2D eigenvalue weighted by molar-refractivity contribution is 7.92. The molecule has 108 valence electrons. The molecule has 2 aromatic carbocycles. The molecule has 0 bridgehead atoms. The number of fused-ring (bicyclic) bond motifs is 1. The lowest BCUT2D eigenvalue weighted by atomic mass is 10.2. The second-order valence-electron chi connectivity index (χ2n) is 4.65. The molecule has 0 unspecified atom stereocenters. The van der Waals surface area contributed by atoms with E-state index in [-0.39, 0.29) is 4.90 Å². The Balaban J connectivity index is 1.96. The predicted molar refractivity (Wildman–Crippen MR) is 80.3 cm³/mol. The normalized spacial score (nSPS) is 11.7. The van der Waals surface area contributed by atoms with Gasteiger partial charge >= 0.3 is 0 Å². The fraction of sp³-hybridized carbons (Fsp3) is 0.0769. The van der Waals surface area contributed by atoms with E-state index < -0.39 is 10.0 Å². The second-order valence-corrected chi connectivity index (χ2v) is 6.33. The van der Waals surface area contributed by atoms with Crippen molar-refractivity contribution in [2.24, 2.45) is 0 Å². The summed E-state index contributed by atoms with van der Waals surface area (Å²) in [6, 6.07) is 9.51. The van der Waals surface area contributed by atoms with Gasteiger partial charge in [0.15, 0.2) is 0 Å². The van der Waals surface area contributed by atoms with Crippen molar-refractivity contribution in [1.82, 2.24) is 15.4 Å². The Hall–Kier alpha value is -2.61. The minimum Gasteiger partial charge on any atom is -0.399 e. The molecule has 0 aliphatic rings. The van der Waals surface area contributed by atoms with Gasteiger partial charge in [0.2, 0.25) is 0 Å². The standard InChI is InChI=1S/C13H13N5O2S/c1-8-6-10(3-4-11(8)14)21(19,20)17-9-2-5-12-13(7-9)16-18-15-12/h2-7,17H,14H2,1H3,(H,15,16,18). The molecule has 3 aromatic rings. The van der Waals surface area contributed by atoms with Gasteiger partial charge in [0, 0.05) is 5.69 Å². The van der Waals surface area contributed by atoms with E-state index >= 15 is 0 Å². The highest BCUT2D eigenvalue weighted by atomic mass is 32.2. The minimum absolute atomic E-state index is 0.162. The first kappa shape index (κ1) is 13.4. The van der Waals surface area contributed by atoms with E-state index in [9.17, 15) is 8.42 Å². The molecule has 8 heteroatoms. The van der Waals surface area contributed by atoms with Crippen molar-refractivity contribution in [2.75, 3.05) is 10.5 Å². The number of rotatable bonds is 3. The second kappa shape index (κ2) is 4.74. The van der Waals surface area contributed by atoms with Gasteiger partial charge in [0.25, 0.3) is 10.0 Å². The molecule has 0 fully saturated rings. The van der Waals surface area contributed by atoms with Crippen LogP contribution in [-0.2, 0) is 10.0 Å². The number of hydrogen-bond acceptors (Lipinski definition) is 5. The van der Waals surface area contributed by atoms with Crippen LogP contribution in [0.15, 0.2) is 41.3 Å². The average Bonchev–Trinajstić information content (AvgIpc) is 2.88. The third-order valence-electron chi connectivity index (χ3n) is 3.12. The molecule has 0 amide bonds. The zero-order valence-electron chi connectivity index (χ0n) is 11.2. The van der Waals surface area contributed by atoms with Gasteiger partial charge in [0.1, 0.15) is 11.0 Å². The van der Waals surface area contributed by atoms with Crippen LogP contribution in [0.3, 0.4) is 0 Å². The van der Waals surface area contributed by atoms with Crippen molar-refractivity contribution >= 4 is 32.4 Å². The summed E-state index contributed by atoms with van der Waals surface area (Å²) in [5.74, 6) is 0. The molecule has 21 heavy (non-hydrogen) atoms. The lowest BCUT2D eigenvalue weighted by molar-refractivity contribution is 0.601. The molecule has 0 spiro atoms. The van der Waals surface area contributed by atoms with Gasteiger partial charge in [-0.25, -0.2) is 8.42 Å². The SMILES string of the molecule is Cc1cc(S(=O)(=O)Nc2ccc3n[nH]nc3c2)ccc1N. The Labute approximate surface area is 121 Å². The van der Waals surface area contributed by atoms with Crippen LogP contribution in [0.1, 0.15) is 5.56 Å². The molecule has 0 saturated carbocycles. The van der Waals surface area contributed by atoms with Crippen LogP contribution >= 0.6 is 0 Å². The lowest BCUT2D eigenvalue weighted by Crippen LogP contribution is -2.13. The third-order valence-corrected chi connectivity index (χ3v) is 4.50. The van der Waals surface area contributed by atoms with Crippen LogP contribution in [0.2, 0.25) is 0 Å².